The third-order valence-corrected chi connectivity index (χ3v) is 3.83. The lowest BCUT2D eigenvalue weighted by molar-refractivity contribution is 1.07. The highest BCUT2D eigenvalue weighted by atomic mass is 15.2. The minimum atomic E-state index is 1.28. The van der Waals surface area contributed by atoms with E-state index in [1.165, 1.54) is 33.9 Å². The van der Waals surface area contributed by atoms with Crippen LogP contribution < -0.4 is 9.80 Å². The molecule has 1 aliphatic heterocycles. The van der Waals surface area contributed by atoms with E-state index >= 15 is 0 Å². The third-order valence-electron chi connectivity index (χ3n) is 3.83. The number of nitrogens with zero attached hydrogens (tertiary/aromatic N) is 2. The zero-order chi connectivity index (χ0) is 12.9. The maximum absolute atomic E-state index is 2.30. The molecule has 1 heterocycles. The first-order valence-corrected chi connectivity index (χ1v) is 6.28. The molecule has 3 rings (SSSR count). The van der Waals surface area contributed by atoms with Crippen molar-refractivity contribution in [1.82, 2.24) is 0 Å². The molecule has 2 nitrogen and oxygen atoms in total. The van der Waals surface area contributed by atoms with Crippen molar-refractivity contribution in [3.8, 4) is 0 Å². The van der Waals surface area contributed by atoms with Gasteiger partial charge in [0.15, 0.2) is 0 Å². The predicted octanol–water partition coefficient (Wildman–Crippen LogP) is 4.15. The van der Waals surface area contributed by atoms with Gasteiger partial charge in [0.25, 0.3) is 0 Å². The summed E-state index contributed by atoms with van der Waals surface area (Å²) in [5, 5.41) is 0. The van der Waals surface area contributed by atoms with E-state index in [4.69, 9.17) is 0 Å². The number of hydrogen-bond acceptors (Lipinski definition) is 2. The molecule has 0 aromatic heterocycles. The number of para-hydroxylation sites is 2. The molecule has 2 heteroatoms. The van der Waals surface area contributed by atoms with E-state index in [2.05, 4.69) is 74.1 Å². The van der Waals surface area contributed by atoms with Crippen LogP contribution in [0.1, 0.15) is 11.1 Å². The van der Waals surface area contributed by atoms with Crippen molar-refractivity contribution in [3.05, 3.63) is 47.5 Å². The number of benzene rings is 2. The number of fused-ring (bicyclic) bond motifs is 2. The van der Waals surface area contributed by atoms with Crippen LogP contribution >= 0.6 is 0 Å². The van der Waals surface area contributed by atoms with Gasteiger partial charge >= 0.3 is 0 Å². The minimum absolute atomic E-state index is 1.28. The fraction of sp³-hybridized carbons (Fsp3) is 0.250. The van der Waals surface area contributed by atoms with Crippen molar-refractivity contribution < 1.29 is 0 Å². The van der Waals surface area contributed by atoms with Gasteiger partial charge in [-0.05, 0) is 37.1 Å². The number of rotatable bonds is 0. The monoisotopic (exact) mass is 238 g/mol. The molecule has 0 amide bonds. The fourth-order valence-corrected chi connectivity index (χ4v) is 2.94. The molecule has 0 N–H and O–H groups in total. The maximum Gasteiger partial charge on any atom is 0.0679 e. The summed E-state index contributed by atoms with van der Waals surface area (Å²) in [5.74, 6) is 0. The van der Waals surface area contributed by atoms with Crippen molar-refractivity contribution in [3.63, 3.8) is 0 Å². The third kappa shape index (κ3) is 1.35. The van der Waals surface area contributed by atoms with Gasteiger partial charge in [0.2, 0.25) is 0 Å². The summed E-state index contributed by atoms with van der Waals surface area (Å²) in [7, 11) is 4.30. The molecule has 0 atom stereocenters. The maximum atomic E-state index is 2.30. The molecule has 0 bridgehead atoms. The zero-order valence-electron chi connectivity index (χ0n) is 11.4. The summed E-state index contributed by atoms with van der Waals surface area (Å²) in [4.78, 5) is 4.60. The van der Waals surface area contributed by atoms with Crippen LogP contribution in [0.3, 0.4) is 0 Å². The van der Waals surface area contributed by atoms with Gasteiger partial charge in [0.05, 0.1) is 22.7 Å². The van der Waals surface area contributed by atoms with E-state index in [-0.39, 0.29) is 0 Å². The lowest BCUT2D eigenvalue weighted by Gasteiger charge is -2.38. The highest BCUT2D eigenvalue weighted by Crippen LogP contribution is 2.48. The second-order valence-electron chi connectivity index (χ2n) is 5.00. The molecule has 0 unspecified atom stereocenters. The van der Waals surface area contributed by atoms with Crippen molar-refractivity contribution in [1.29, 1.82) is 0 Å². The predicted molar refractivity (Wildman–Crippen MR) is 78.5 cm³/mol. The van der Waals surface area contributed by atoms with Gasteiger partial charge in [-0.25, -0.2) is 0 Å². The second kappa shape index (κ2) is 3.77. The molecule has 0 spiro atoms. The van der Waals surface area contributed by atoms with E-state index in [0.717, 1.165) is 0 Å². The quantitative estimate of drug-likeness (QED) is 0.680. The molecule has 2 aromatic rings. The highest BCUT2D eigenvalue weighted by molar-refractivity contribution is 5.95. The Morgan fingerprint density at radius 3 is 1.44 bits per heavy atom. The van der Waals surface area contributed by atoms with Crippen LogP contribution in [-0.2, 0) is 0 Å². The first-order valence-electron chi connectivity index (χ1n) is 6.28. The molecule has 0 saturated carbocycles. The SMILES string of the molecule is Cc1cccc2c1N(C)c1cccc(C)c1N2C. The zero-order valence-corrected chi connectivity index (χ0v) is 11.4. The second-order valence-corrected chi connectivity index (χ2v) is 5.00. The Morgan fingerprint density at radius 2 is 1.06 bits per heavy atom. The van der Waals surface area contributed by atoms with Crippen molar-refractivity contribution >= 4 is 22.7 Å². The van der Waals surface area contributed by atoms with Crippen LogP contribution in [0, 0.1) is 13.8 Å². The topological polar surface area (TPSA) is 6.48 Å². The lowest BCUT2D eigenvalue weighted by Crippen LogP contribution is -2.25. The molecule has 18 heavy (non-hydrogen) atoms. The Labute approximate surface area is 108 Å². The molecule has 1 aliphatic rings. The average Bonchev–Trinajstić information content (AvgIpc) is 2.35. The van der Waals surface area contributed by atoms with E-state index < -0.39 is 0 Å². The summed E-state index contributed by atoms with van der Waals surface area (Å²) in [6, 6.07) is 13.0. The largest absolute Gasteiger partial charge is 0.341 e. The molecule has 0 radical (unpaired) electrons. The molecular formula is C16H18N2. The fourth-order valence-electron chi connectivity index (χ4n) is 2.94. The van der Waals surface area contributed by atoms with Crippen LogP contribution in [0.5, 0.6) is 0 Å². The first kappa shape index (κ1) is 11.1. The van der Waals surface area contributed by atoms with Gasteiger partial charge in [-0.2, -0.15) is 0 Å². The summed E-state index contributed by atoms with van der Waals surface area (Å²) in [6.45, 7) is 4.34. The molecule has 0 fully saturated rings. The highest BCUT2D eigenvalue weighted by Gasteiger charge is 2.25. The number of aryl methyl sites for hydroxylation is 2. The van der Waals surface area contributed by atoms with Crippen LogP contribution in [0.25, 0.3) is 0 Å². The van der Waals surface area contributed by atoms with Gasteiger partial charge in [-0.3, -0.25) is 0 Å². The normalized spacial score (nSPS) is 13.3. The van der Waals surface area contributed by atoms with Crippen LogP contribution in [0.4, 0.5) is 22.7 Å². The summed E-state index contributed by atoms with van der Waals surface area (Å²) in [5.41, 5.74) is 7.79. The van der Waals surface area contributed by atoms with Gasteiger partial charge in [0.1, 0.15) is 0 Å². The first-order chi connectivity index (χ1) is 8.61. The standard InChI is InChI=1S/C16H18N2/c1-11-7-5-9-13-15(11)17(3)14-10-6-8-12(2)16(14)18(13)4/h5-10H,1-4H3. The number of hydrogen-bond donors (Lipinski definition) is 0. The molecule has 2 aromatic carbocycles. The molecule has 92 valence electrons. The van der Waals surface area contributed by atoms with Gasteiger partial charge < -0.3 is 9.80 Å². The van der Waals surface area contributed by atoms with E-state index in [9.17, 15) is 0 Å². The van der Waals surface area contributed by atoms with Gasteiger partial charge in [-0.15, -0.1) is 0 Å². The van der Waals surface area contributed by atoms with Crippen LogP contribution in [0.15, 0.2) is 36.4 Å². The van der Waals surface area contributed by atoms with Gasteiger partial charge in [0, 0.05) is 14.1 Å². The van der Waals surface area contributed by atoms with E-state index in [0.29, 0.717) is 0 Å². The van der Waals surface area contributed by atoms with Crippen LogP contribution in [0.2, 0.25) is 0 Å². The Morgan fingerprint density at radius 1 is 0.667 bits per heavy atom. The summed E-state index contributed by atoms with van der Waals surface area (Å²) in [6.07, 6.45) is 0. The average molecular weight is 238 g/mol. The molecule has 0 aliphatic carbocycles. The minimum Gasteiger partial charge on any atom is -0.341 e. The lowest BCUT2D eigenvalue weighted by atomic mass is 10.0. The van der Waals surface area contributed by atoms with Gasteiger partial charge in [-0.1, -0.05) is 24.3 Å². The smallest absolute Gasteiger partial charge is 0.0679 e. The summed E-state index contributed by atoms with van der Waals surface area (Å²) >= 11 is 0. The molecular weight excluding hydrogens is 220 g/mol. The Kier molecular flexibility index (Phi) is 2.34. The Bertz CT molecular complexity index is 561. The molecule has 0 saturated heterocycles. The van der Waals surface area contributed by atoms with E-state index in [1.807, 2.05) is 0 Å². The van der Waals surface area contributed by atoms with E-state index in [1.54, 1.807) is 0 Å². The Hall–Kier alpha value is -1.96. The summed E-state index contributed by atoms with van der Waals surface area (Å²) < 4.78 is 0. The van der Waals surface area contributed by atoms with Crippen molar-refractivity contribution in [2.24, 2.45) is 0 Å². The van der Waals surface area contributed by atoms with Crippen molar-refractivity contribution in [2.75, 3.05) is 23.9 Å². The Balaban J connectivity index is 2.32. The van der Waals surface area contributed by atoms with Crippen LogP contribution in [-0.4, -0.2) is 14.1 Å². The number of anilines is 4. The van der Waals surface area contributed by atoms with Crippen molar-refractivity contribution in [2.45, 2.75) is 13.8 Å².